The zero-order valence-electron chi connectivity index (χ0n) is 8.17. The molecule has 0 atom stereocenters. The zero-order valence-corrected chi connectivity index (χ0v) is 8.17. The van der Waals surface area contributed by atoms with E-state index in [1.54, 1.807) is 0 Å². The molecule has 0 amide bonds. The number of nitrogens with zero attached hydrogens (tertiary/aromatic N) is 2. The summed E-state index contributed by atoms with van der Waals surface area (Å²) in [6.45, 7) is 0. The highest BCUT2D eigenvalue weighted by Gasteiger charge is 2.12. The number of nitro groups is 1. The second kappa shape index (κ2) is 3.30. The zero-order chi connectivity index (χ0) is 11.9. The Morgan fingerprint density at radius 1 is 1.38 bits per heavy atom. The van der Waals surface area contributed by atoms with E-state index >= 15 is 0 Å². The third-order valence-electron chi connectivity index (χ3n) is 2.23. The van der Waals surface area contributed by atoms with Gasteiger partial charge in [0.1, 0.15) is 0 Å². The van der Waals surface area contributed by atoms with Crippen LogP contribution >= 0.6 is 0 Å². The van der Waals surface area contributed by atoms with E-state index in [4.69, 9.17) is 0 Å². The van der Waals surface area contributed by atoms with E-state index in [0.717, 1.165) is 10.6 Å². The molecule has 0 aliphatic carbocycles. The molecule has 0 saturated carbocycles. The molecular formula is C9H6N2O5. The van der Waals surface area contributed by atoms with Crippen LogP contribution in [0.5, 0.6) is 0 Å². The second-order valence-corrected chi connectivity index (χ2v) is 3.17. The fourth-order valence-corrected chi connectivity index (χ4v) is 1.39. The molecule has 0 spiro atoms. The molecule has 0 N–H and O–H groups in total. The summed E-state index contributed by atoms with van der Waals surface area (Å²) in [5.41, 5.74) is -0.799. The normalized spacial score (nSPS) is 10.6. The molecule has 0 unspecified atom stereocenters. The maximum atomic E-state index is 11.3. The average Bonchev–Trinajstić information content (AvgIpc) is 2.25. The molecule has 0 aliphatic rings. The third kappa shape index (κ3) is 1.38. The van der Waals surface area contributed by atoms with Crippen molar-refractivity contribution < 1.29 is 9.34 Å². The summed E-state index contributed by atoms with van der Waals surface area (Å²) in [5.74, 6) is -0.800. The van der Waals surface area contributed by atoms with Gasteiger partial charge < -0.3 is 4.42 Å². The summed E-state index contributed by atoms with van der Waals surface area (Å²) in [6.07, 6.45) is 0. The molecule has 2 rings (SSSR count). The lowest BCUT2D eigenvalue weighted by Gasteiger charge is -2.01. The number of nitro benzene ring substituents is 1. The number of non-ortho nitro benzene ring substituents is 1. The summed E-state index contributed by atoms with van der Waals surface area (Å²) in [6, 6.07) is 3.65. The first kappa shape index (κ1) is 10.1. The Morgan fingerprint density at radius 3 is 2.69 bits per heavy atom. The lowest BCUT2D eigenvalue weighted by Crippen LogP contribution is -2.22. The van der Waals surface area contributed by atoms with Crippen molar-refractivity contribution in [3.8, 4) is 0 Å². The van der Waals surface area contributed by atoms with Crippen LogP contribution in [0.1, 0.15) is 0 Å². The highest BCUT2D eigenvalue weighted by molar-refractivity contribution is 5.79. The highest BCUT2D eigenvalue weighted by Crippen LogP contribution is 2.16. The maximum absolute atomic E-state index is 11.3. The van der Waals surface area contributed by atoms with Gasteiger partial charge >= 0.3 is 11.4 Å². The Kier molecular flexibility index (Phi) is 2.08. The van der Waals surface area contributed by atoms with E-state index < -0.39 is 16.3 Å². The van der Waals surface area contributed by atoms with Crippen molar-refractivity contribution in [2.45, 2.75) is 0 Å². The van der Waals surface area contributed by atoms with Crippen molar-refractivity contribution in [3.63, 3.8) is 0 Å². The Balaban J connectivity index is 2.96. The molecule has 7 nitrogen and oxygen atoms in total. The van der Waals surface area contributed by atoms with Crippen molar-refractivity contribution in [2.75, 3.05) is 0 Å². The first-order valence-corrected chi connectivity index (χ1v) is 4.29. The van der Waals surface area contributed by atoms with Crippen LogP contribution in [0.25, 0.3) is 10.9 Å². The van der Waals surface area contributed by atoms with Gasteiger partial charge in [-0.05, 0) is 6.07 Å². The predicted octanol–water partition coefficient (Wildman–Crippen LogP) is 0.400. The van der Waals surface area contributed by atoms with E-state index in [-0.39, 0.29) is 11.1 Å². The Bertz CT molecular complexity index is 697. The fourth-order valence-electron chi connectivity index (χ4n) is 1.39. The molecule has 82 valence electrons. The van der Waals surface area contributed by atoms with Crippen LogP contribution in [0, 0.1) is 10.1 Å². The number of benzene rings is 1. The molecule has 1 heterocycles. The summed E-state index contributed by atoms with van der Waals surface area (Å²) >= 11 is 0. The van der Waals surface area contributed by atoms with Gasteiger partial charge in [0.2, 0.25) is 0 Å². The number of aryl methyl sites for hydroxylation is 1. The van der Waals surface area contributed by atoms with E-state index in [0.29, 0.717) is 5.52 Å². The minimum Gasteiger partial charge on any atom is -0.372 e. The van der Waals surface area contributed by atoms with Gasteiger partial charge in [-0.15, -0.1) is 0 Å². The number of aromatic nitrogens is 1. The fraction of sp³-hybridized carbons (Fsp3) is 0.111. The molecule has 0 aliphatic heterocycles. The van der Waals surface area contributed by atoms with Crippen LogP contribution in [0.2, 0.25) is 0 Å². The first-order chi connectivity index (χ1) is 7.50. The Labute approximate surface area is 87.7 Å². The number of rotatable bonds is 1. The summed E-state index contributed by atoms with van der Waals surface area (Å²) in [5, 5.41) is 10.5. The van der Waals surface area contributed by atoms with Crippen LogP contribution in [-0.4, -0.2) is 9.49 Å². The average molecular weight is 222 g/mol. The van der Waals surface area contributed by atoms with Gasteiger partial charge in [-0.2, -0.15) is 0 Å². The van der Waals surface area contributed by atoms with Crippen molar-refractivity contribution in [2.24, 2.45) is 7.05 Å². The smallest absolute Gasteiger partial charge is 0.372 e. The van der Waals surface area contributed by atoms with Crippen LogP contribution in [-0.2, 0) is 7.05 Å². The molecule has 16 heavy (non-hydrogen) atoms. The molecule has 0 saturated heterocycles. The van der Waals surface area contributed by atoms with Crippen LogP contribution in [0.4, 0.5) is 5.69 Å². The van der Waals surface area contributed by atoms with Gasteiger partial charge in [0.25, 0.3) is 5.69 Å². The molecule has 0 fully saturated rings. The molecule has 1 aromatic heterocycles. The van der Waals surface area contributed by atoms with Crippen LogP contribution in [0.3, 0.4) is 0 Å². The van der Waals surface area contributed by atoms with Gasteiger partial charge in [0.05, 0.1) is 15.8 Å². The van der Waals surface area contributed by atoms with E-state index in [1.165, 1.54) is 19.2 Å². The minimum absolute atomic E-state index is 0.0105. The standard InChI is InChI=1S/C9H6N2O5/c1-10-7-3-2-5(11(14)15)4-6(7)8(12)16-9(10)13/h2-4H,1H3. The Hall–Kier alpha value is -2.44. The first-order valence-electron chi connectivity index (χ1n) is 4.29. The molecule has 2 aromatic rings. The van der Waals surface area contributed by atoms with E-state index in [1.807, 2.05) is 0 Å². The molecular weight excluding hydrogens is 216 g/mol. The van der Waals surface area contributed by atoms with Crippen molar-refractivity contribution >= 4 is 16.6 Å². The minimum atomic E-state index is -0.873. The lowest BCUT2D eigenvalue weighted by atomic mass is 10.2. The Morgan fingerprint density at radius 2 is 2.06 bits per heavy atom. The van der Waals surface area contributed by atoms with Crippen molar-refractivity contribution in [1.82, 2.24) is 4.57 Å². The molecule has 7 heteroatoms. The van der Waals surface area contributed by atoms with Crippen molar-refractivity contribution in [3.05, 3.63) is 49.3 Å². The quantitative estimate of drug-likeness (QED) is 0.514. The second-order valence-electron chi connectivity index (χ2n) is 3.17. The summed E-state index contributed by atoms with van der Waals surface area (Å²) in [4.78, 5) is 32.4. The maximum Gasteiger partial charge on any atom is 0.422 e. The van der Waals surface area contributed by atoms with E-state index in [9.17, 15) is 19.7 Å². The SMILES string of the molecule is Cn1c(=O)oc(=O)c2cc([N+](=O)[O-])ccc21. The van der Waals surface area contributed by atoms with E-state index in [2.05, 4.69) is 4.42 Å². The van der Waals surface area contributed by atoms with Gasteiger partial charge in [-0.1, -0.05) is 0 Å². The van der Waals surface area contributed by atoms with Gasteiger partial charge in [-0.3, -0.25) is 14.7 Å². The van der Waals surface area contributed by atoms with Gasteiger partial charge in [0, 0.05) is 19.2 Å². The number of fused-ring (bicyclic) bond motifs is 1. The molecule has 0 bridgehead atoms. The monoisotopic (exact) mass is 222 g/mol. The number of hydrogen-bond donors (Lipinski definition) is 0. The molecule has 1 aromatic carbocycles. The highest BCUT2D eigenvalue weighted by atomic mass is 16.6. The summed E-state index contributed by atoms with van der Waals surface area (Å²) < 4.78 is 5.50. The lowest BCUT2D eigenvalue weighted by molar-refractivity contribution is -0.384. The van der Waals surface area contributed by atoms with Crippen LogP contribution < -0.4 is 11.4 Å². The van der Waals surface area contributed by atoms with Gasteiger partial charge in [-0.25, -0.2) is 9.59 Å². The molecule has 0 radical (unpaired) electrons. The van der Waals surface area contributed by atoms with Gasteiger partial charge in [0.15, 0.2) is 0 Å². The summed E-state index contributed by atoms with van der Waals surface area (Å²) in [7, 11) is 1.42. The topological polar surface area (TPSA) is 95.3 Å². The third-order valence-corrected chi connectivity index (χ3v) is 2.23. The van der Waals surface area contributed by atoms with Crippen molar-refractivity contribution in [1.29, 1.82) is 0 Å². The largest absolute Gasteiger partial charge is 0.422 e. The predicted molar refractivity (Wildman–Crippen MR) is 54.4 cm³/mol. The van der Waals surface area contributed by atoms with Crippen LogP contribution in [0.15, 0.2) is 32.2 Å². The number of hydrogen-bond acceptors (Lipinski definition) is 5.